The van der Waals surface area contributed by atoms with E-state index < -0.39 is 8.32 Å². The van der Waals surface area contributed by atoms with Gasteiger partial charge < -0.3 is 9.33 Å². The third-order valence-electron chi connectivity index (χ3n) is 8.19. The van der Waals surface area contributed by atoms with Crippen molar-refractivity contribution in [3.8, 4) is 0 Å². The average Bonchev–Trinajstić information content (AvgIpc) is 3.28. The Morgan fingerprint density at radius 2 is 1.75 bits per heavy atom. The van der Waals surface area contributed by atoms with Gasteiger partial charge in [-0.05, 0) is 73.3 Å². The van der Waals surface area contributed by atoms with Gasteiger partial charge in [0.05, 0.1) is 12.0 Å². The fourth-order valence-electron chi connectivity index (χ4n) is 5.27. The Morgan fingerprint density at radius 1 is 1.06 bits per heavy atom. The van der Waals surface area contributed by atoms with Crippen LogP contribution in [0.15, 0.2) is 54.6 Å². The zero-order valence-electron chi connectivity index (χ0n) is 20.5. The number of anilines is 1. The maximum absolute atomic E-state index is 13.8. The van der Waals surface area contributed by atoms with Crippen LogP contribution in [0, 0.1) is 5.92 Å². The third-order valence-corrected chi connectivity index (χ3v) is 12.7. The van der Waals surface area contributed by atoms with Gasteiger partial charge in [0.1, 0.15) is 0 Å². The molecule has 2 aromatic carbocycles. The average molecular weight is 450 g/mol. The molecule has 0 radical (unpaired) electrons. The summed E-state index contributed by atoms with van der Waals surface area (Å²) in [5.41, 5.74) is 3.23. The minimum atomic E-state index is -1.68. The number of nitrogens with zero attached hydrogens (tertiary/aromatic N) is 1. The van der Waals surface area contributed by atoms with E-state index in [-0.39, 0.29) is 10.5 Å². The van der Waals surface area contributed by atoms with Gasteiger partial charge in [-0.3, -0.25) is 4.79 Å². The summed E-state index contributed by atoms with van der Waals surface area (Å²) in [6, 6.07) is 18.8. The zero-order chi connectivity index (χ0) is 23.0. The zero-order valence-corrected chi connectivity index (χ0v) is 21.5. The number of rotatable bonds is 7. The van der Waals surface area contributed by atoms with E-state index in [4.69, 9.17) is 4.43 Å². The van der Waals surface area contributed by atoms with Crippen LogP contribution in [0.5, 0.6) is 0 Å². The van der Waals surface area contributed by atoms with Crippen molar-refractivity contribution < 1.29 is 9.22 Å². The summed E-state index contributed by atoms with van der Waals surface area (Å²) in [6.45, 7) is 13.0. The van der Waals surface area contributed by atoms with Crippen molar-refractivity contribution in [2.45, 2.75) is 83.0 Å². The smallest absolute Gasteiger partial charge is 0.238 e. The van der Waals surface area contributed by atoms with Crippen molar-refractivity contribution in [1.29, 1.82) is 0 Å². The van der Waals surface area contributed by atoms with Crippen LogP contribution >= 0.6 is 0 Å². The highest BCUT2D eigenvalue weighted by atomic mass is 28.4. The molecule has 1 aliphatic carbocycles. The number of para-hydroxylation sites is 1. The molecule has 2 aromatic rings. The molecular formula is C28H39NO2Si. The number of fused-ring (bicyclic) bond motifs is 2. The van der Waals surface area contributed by atoms with Gasteiger partial charge in [0.2, 0.25) is 5.91 Å². The molecule has 1 heterocycles. The molecule has 2 aliphatic rings. The van der Waals surface area contributed by atoms with Crippen molar-refractivity contribution >= 4 is 19.9 Å². The summed E-state index contributed by atoms with van der Waals surface area (Å²) in [5, 5.41) is 0.257. The van der Waals surface area contributed by atoms with Gasteiger partial charge in [0.25, 0.3) is 0 Å². The third kappa shape index (κ3) is 4.32. The summed E-state index contributed by atoms with van der Waals surface area (Å²) in [5.74, 6) is 0.911. The minimum Gasteiger partial charge on any atom is -0.417 e. The van der Waals surface area contributed by atoms with Crippen LogP contribution in [-0.2, 0) is 21.2 Å². The van der Waals surface area contributed by atoms with Crippen LogP contribution in [0.3, 0.4) is 0 Å². The first-order valence-electron chi connectivity index (χ1n) is 12.2. The first-order valence-corrected chi connectivity index (χ1v) is 15.1. The fraction of sp³-hybridized carbons (Fsp3) is 0.536. The van der Waals surface area contributed by atoms with E-state index in [2.05, 4.69) is 82.4 Å². The van der Waals surface area contributed by atoms with E-state index >= 15 is 0 Å². The Labute approximate surface area is 195 Å². The highest BCUT2D eigenvalue weighted by Gasteiger charge is 2.54. The van der Waals surface area contributed by atoms with Crippen LogP contribution in [0.1, 0.15) is 64.0 Å². The minimum absolute atomic E-state index is 0.257. The second-order valence-corrected chi connectivity index (χ2v) is 16.1. The van der Waals surface area contributed by atoms with Gasteiger partial charge in [-0.15, -0.1) is 0 Å². The Morgan fingerprint density at radius 3 is 2.47 bits per heavy atom. The number of carbonyl (C=O) groups excluding carboxylic acids is 1. The summed E-state index contributed by atoms with van der Waals surface area (Å²) in [6.07, 6.45) is 5.34. The SMILES string of the molecule is CC(C)(C)[Si](C)(C)OCCC[C@H]1CC[C@]2(C1)C(=O)N(Cc1ccccc1)c1ccccc12. The summed E-state index contributed by atoms with van der Waals surface area (Å²) < 4.78 is 6.40. The van der Waals surface area contributed by atoms with Crippen molar-refractivity contribution in [2.75, 3.05) is 11.5 Å². The van der Waals surface area contributed by atoms with E-state index in [0.29, 0.717) is 18.4 Å². The Hall–Kier alpha value is -1.91. The van der Waals surface area contributed by atoms with Crippen molar-refractivity contribution in [3.63, 3.8) is 0 Å². The monoisotopic (exact) mass is 449 g/mol. The van der Waals surface area contributed by atoms with Crippen LogP contribution in [-0.4, -0.2) is 20.8 Å². The van der Waals surface area contributed by atoms with E-state index in [0.717, 1.165) is 44.4 Å². The molecule has 0 saturated heterocycles. The molecular weight excluding hydrogens is 410 g/mol. The molecule has 0 unspecified atom stereocenters. The number of benzene rings is 2. The van der Waals surface area contributed by atoms with Gasteiger partial charge in [0, 0.05) is 12.3 Å². The Balaban J connectivity index is 1.42. The topological polar surface area (TPSA) is 29.5 Å². The second kappa shape index (κ2) is 8.79. The van der Waals surface area contributed by atoms with Crippen LogP contribution in [0.4, 0.5) is 5.69 Å². The maximum Gasteiger partial charge on any atom is 0.238 e. The van der Waals surface area contributed by atoms with Crippen LogP contribution in [0.25, 0.3) is 0 Å². The quantitative estimate of drug-likeness (QED) is 0.334. The molecule has 32 heavy (non-hydrogen) atoms. The largest absolute Gasteiger partial charge is 0.417 e. The first kappa shape index (κ1) is 23.3. The first-order chi connectivity index (χ1) is 15.1. The van der Waals surface area contributed by atoms with Crippen molar-refractivity contribution in [2.24, 2.45) is 5.92 Å². The lowest BCUT2D eigenvalue weighted by molar-refractivity contribution is -0.123. The van der Waals surface area contributed by atoms with Crippen molar-refractivity contribution in [3.05, 3.63) is 65.7 Å². The molecule has 4 rings (SSSR count). The van der Waals surface area contributed by atoms with Gasteiger partial charge in [-0.25, -0.2) is 0 Å². The molecule has 1 spiro atoms. The lowest BCUT2D eigenvalue weighted by Crippen LogP contribution is -2.41. The predicted octanol–water partition coefficient (Wildman–Crippen LogP) is 7.07. The molecule has 1 aliphatic heterocycles. The highest BCUT2D eigenvalue weighted by molar-refractivity contribution is 6.74. The molecule has 1 fully saturated rings. The van der Waals surface area contributed by atoms with E-state index in [1.807, 2.05) is 11.0 Å². The lowest BCUT2D eigenvalue weighted by Gasteiger charge is -2.36. The van der Waals surface area contributed by atoms with E-state index in [1.54, 1.807) is 0 Å². The van der Waals surface area contributed by atoms with Crippen LogP contribution < -0.4 is 4.90 Å². The molecule has 4 heteroatoms. The number of hydrogen-bond donors (Lipinski definition) is 0. The molecule has 3 nitrogen and oxygen atoms in total. The highest BCUT2D eigenvalue weighted by Crippen LogP contribution is 2.54. The number of hydrogen-bond acceptors (Lipinski definition) is 2. The molecule has 2 atom stereocenters. The summed E-state index contributed by atoms with van der Waals surface area (Å²) in [4.78, 5) is 15.9. The Bertz CT molecular complexity index is 949. The summed E-state index contributed by atoms with van der Waals surface area (Å²) >= 11 is 0. The Kier molecular flexibility index (Phi) is 6.39. The van der Waals surface area contributed by atoms with Gasteiger partial charge in [-0.1, -0.05) is 69.3 Å². The standard InChI is InChI=1S/C28H39NO2Si/c1-27(2,3)32(4,5)31-19-11-14-22-17-18-28(20-22)24-15-9-10-16-25(24)29(26(28)30)21-23-12-7-6-8-13-23/h6-10,12-13,15-16,22H,11,14,17-21H2,1-5H3/t22-,28+/m0/s1. The molecule has 172 valence electrons. The van der Waals surface area contributed by atoms with Gasteiger partial charge in [-0.2, -0.15) is 0 Å². The molecule has 1 saturated carbocycles. The molecule has 0 aromatic heterocycles. The summed E-state index contributed by atoms with van der Waals surface area (Å²) in [7, 11) is -1.68. The maximum atomic E-state index is 13.8. The lowest BCUT2D eigenvalue weighted by atomic mass is 9.79. The fourth-order valence-corrected chi connectivity index (χ4v) is 6.36. The second-order valence-electron chi connectivity index (χ2n) is 11.3. The molecule has 0 bridgehead atoms. The van der Waals surface area contributed by atoms with E-state index in [1.165, 1.54) is 11.1 Å². The molecule has 1 amide bonds. The number of carbonyl (C=O) groups is 1. The van der Waals surface area contributed by atoms with Gasteiger partial charge >= 0.3 is 0 Å². The van der Waals surface area contributed by atoms with E-state index in [9.17, 15) is 4.79 Å². The van der Waals surface area contributed by atoms with Crippen LogP contribution in [0.2, 0.25) is 18.1 Å². The number of amides is 1. The predicted molar refractivity (Wildman–Crippen MR) is 135 cm³/mol. The normalized spacial score (nSPS) is 23.2. The van der Waals surface area contributed by atoms with Crippen molar-refractivity contribution in [1.82, 2.24) is 0 Å². The van der Waals surface area contributed by atoms with Gasteiger partial charge in [0.15, 0.2) is 8.32 Å². The molecule has 0 N–H and O–H groups in total.